The fraction of sp³-hybridized carbons (Fsp3) is 0.727. The number of nitrogens with one attached hydrogen (secondary N) is 1. The van der Waals surface area contributed by atoms with Gasteiger partial charge in [0.25, 0.3) is 0 Å². The largest absolute Gasteiger partial charge is 0.347 e. The van der Waals surface area contributed by atoms with Gasteiger partial charge in [-0.05, 0) is 0 Å². The SMILES string of the molecule is CN(C)C(=O)C1CNCCN1Cc1ncnn1C. The van der Waals surface area contributed by atoms with E-state index in [1.54, 1.807) is 30.0 Å². The molecule has 1 N–H and O–H groups in total. The van der Waals surface area contributed by atoms with Crippen LogP contribution in [0.25, 0.3) is 0 Å². The Balaban J connectivity index is 2.09. The van der Waals surface area contributed by atoms with Crippen LogP contribution in [-0.4, -0.2) is 70.2 Å². The molecule has 0 bridgehead atoms. The summed E-state index contributed by atoms with van der Waals surface area (Å²) in [7, 11) is 5.45. The maximum Gasteiger partial charge on any atom is 0.240 e. The van der Waals surface area contributed by atoms with Gasteiger partial charge >= 0.3 is 0 Å². The van der Waals surface area contributed by atoms with Crippen LogP contribution in [-0.2, 0) is 18.4 Å². The van der Waals surface area contributed by atoms with Crippen molar-refractivity contribution in [2.24, 2.45) is 7.05 Å². The van der Waals surface area contributed by atoms with Gasteiger partial charge in [-0.15, -0.1) is 0 Å². The zero-order valence-electron chi connectivity index (χ0n) is 11.1. The summed E-state index contributed by atoms with van der Waals surface area (Å²) in [5.41, 5.74) is 0. The molecule has 0 spiro atoms. The number of likely N-dealkylation sites (N-methyl/N-ethyl adjacent to an activating group) is 1. The van der Waals surface area contributed by atoms with E-state index >= 15 is 0 Å². The smallest absolute Gasteiger partial charge is 0.240 e. The first-order chi connectivity index (χ1) is 8.59. The van der Waals surface area contributed by atoms with E-state index in [4.69, 9.17) is 0 Å². The number of amides is 1. The summed E-state index contributed by atoms with van der Waals surface area (Å²) >= 11 is 0. The molecule has 18 heavy (non-hydrogen) atoms. The lowest BCUT2D eigenvalue weighted by molar-refractivity contribution is -0.135. The molecule has 1 fully saturated rings. The molecule has 1 aliphatic heterocycles. The molecule has 2 rings (SSSR count). The predicted molar refractivity (Wildman–Crippen MR) is 66.8 cm³/mol. The maximum atomic E-state index is 12.1. The van der Waals surface area contributed by atoms with Gasteiger partial charge in [0.05, 0.1) is 6.54 Å². The third-order valence-corrected chi connectivity index (χ3v) is 3.23. The van der Waals surface area contributed by atoms with Crippen molar-refractivity contribution in [2.45, 2.75) is 12.6 Å². The Morgan fingerprint density at radius 3 is 3.00 bits per heavy atom. The van der Waals surface area contributed by atoms with Crippen molar-refractivity contribution in [3.8, 4) is 0 Å². The van der Waals surface area contributed by atoms with Gasteiger partial charge in [-0.25, -0.2) is 4.98 Å². The highest BCUT2D eigenvalue weighted by Crippen LogP contribution is 2.09. The minimum Gasteiger partial charge on any atom is -0.347 e. The second kappa shape index (κ2) is 5.45. The third kappa shape index (κ3) is 2.68. The highest BCUT2D eigenvalue weighted by molar-refractivity contribution is 5.81. The molecule has 1 aromatic rings. The van der Waals surface area contributed by atoms with Gasteiger partial charge in [-0.1, -0.05) is 0 Å². The number of nitrogens with zero attached hydrogens (tertiary/aromatic N) is 5. The predicted octanol–water partition coefficient (Wildman–Crippen LogP) is -1.32. The number of carbonyl (C=O) groups excluding carboxylic acids is 1. The van der Waals surface area contributed by atoms with Gasteiger partial charge in [0.15, 0.2) is 0 Å². The minimum absolute atomic E-state index is 0.120. The standard InChI is InChI=1S/C11H20N6O/c1-15(2)11(18)9-6-12-4-5-17(9)7-10-13-8-14-16(10)3/h8-9,12H,4-7H2,1-3H3. The van der Waals surface area contributed by atoms with Gasteiger partial charge in [0, 0.05) is 40.8 Å². The molecule has 1 aliphatic rings. The first-order valence-electron chi connectivity index (χ1n) is 6.08. The van der Waals surface area contributed by atoms with E-state index in [1.807, 2.05) is 7.05 Å². The van der Waals surface area contributed by atoms with Crippen molar-refractivity contribution in [1.82, 2.24) is 29.9 Å². The molecule has 1 aromatic heterocycles. The van der Waals surface area contributed by atoms with Crippen molar-refractivity contribution in [3.63, 3.8) is 0 Å². The second-order valence-corrected chi connectivity index (χ2v) is 4.72. The molecule has 0 saturated carbocycles. The van der Waals surface area contributed by atoms with Crippen molar-refractivity contribution < 1.29 is 4.79 Å². The van der Waals surface area contributed by atoms with Gasteiger partial charge < -0.3 is 10.2 Å². The monoisotopic (exact) mass is 252 g/mol. The normalized spacial score (nSPS) is 20.9. The van der Waals surface area contributed by atoms with E-state index in [1.165, 1.54) is 0 Å². The van der Waals surface area contributed by atoms with E-state index in [-0.39, 0.29) is 11.9 Å². The number of aromatic nitrogens is 3. The van der Waals surface area contributed by atoms with Crippen molar-refractivity contribution in [1.29, 1.82) is 0 Å². The Bertz CT molecular complexity index is 415. The fourth-order valence-corrected chi connectivity index (χ4v) is 2.12. The average Bonchev–Trinajstić information content (AvgIpc) is 2.75. The molecular formula is C11H20N6O. The number of carbonyl (C=O) groups is 1. The number of piperazine rings is 1. The van der Waals surface area contributed by atoms with E-state index < -0.39 is 0 Å². The third-order valence-electron chi connectivity index (χ3n) is 3.23. The number of rotatable bonds is 3. The van der Waals surface area contributed by atoms with Gasteiger partial charge in [-0.3, -0.25) is 14.4 Å². The lowest BCUT2D eigenvalue weighted by atomic mass is 10.1. The molecular weight excluding hydrogens is 232 g/mol. The van der Waals surface area contributed by atoms with Crippen LogP contribution in [0.1, 0.15) is 5.82 Å². The Labute approximate surface area is 107 Å². The molecule has 7 heteroatoms. The first kappa shape index (κ1) is 13.0. The van der Waals surface area contributed by atoms with Crippen LogP contribution in [0.3, 0.4) is 0 Å². The van der Waals surface area contributed by atoms with Crippen LogP contribution in [0.5, 0.6) is 0 Å². The average molecular weight is 252 g/mol. The number of hydrogen-bond acceptors (Lipinski definition) is 5. The topological polar surface area (TPSA) is 66.3 Å². The summed E-state index contributed by atoms with van der Waals surface area (Å²) in [6.45, 7) is 3.09. The number of aryl methyl sites for hydroxylation is 1. The highest BCUT2D eigenvalue weighted by atomic mass is 16.2. The van der Waals surface area contributed by atoms with Crippen LogP contribution in [0.2, 0.25) is 0 Å². The summed E-state index contributed by atoms with van der Waals surface area (Å²) in [6, 6.07) is -0.120. The van der Waals surface area contributed by atoms with E-state index in [0.717, 1.165) is 18.9 Å². The summed E-state index contributed by atoms with van der Waals surface area (Å²) in [5.74, 6) is 1.01. The summed E-state index contributed by atoms with van der Waals surface area (Å²) in [6.07, 6.45) is 1.54. The summed E-state index contributed by atoms with van der Waals surface area (Å²) < 4.78 is 1.75. The zero-order valence-corrected chi connectivity index (χ0v) is 11.1. The van der Waals surface area contributed by atoms with Gasteiger partial charge in [-0.2, -0.15) is 5.10 Å². The zero-order chi connectivity index (χ0) is 13.1. The molecule has 0 aliphatic carbocycles. The van der Waals surface area contributed by atoms with Crippen LogP contribution < -0.4 is 5.32 Å². The van der Waals surface area contributed by atoms with Crippen molar-refractivity contribution in [3.05, 3.63) is 12.2 Å². The molecule has 1 saturated heterocycles. The lowest BCUT2D eigenvalue weighted by Crippen LogP contribution is -2.57. The van der Waals surface area contributed by atoms with Crippen molar-refractivity contribution in [2.75, 3.05) is 33.7 Å². The molecule has 1 atom stereocenters. The lowest BCUT2D eigenvalue weighted by Gasteiger charge is -2.35. The Morgan fingerprint density at radius 1 is 1.61 bits per heavy atom. The Morgan fingerprint density at radius 2 is 2.39 bits per heavy atom. The Kier molecular flexibility index (Phi) is 3.93. The van der Waals surface area contributed by atoms with Gasteiger partial charge in [0.1, 0.15) is 18.2 Å². The van der Waals surface area contributed by atoms with Crippen molar-refractivity contribution >= 4 is 5.91 Å². The molecule has 1 amide bonds. The van der Waals surface area contributed by atoms with Crippen LogP contribution in [0.4, 0.5) is 0 Å². The van der Waals surface area contributed by atoms with Crippen LogP contribution in [0, 0.1) is 0 Å². The molecule has 1 unspecified atom stereocenters. The molecule has 0 aromatic carbocycles. The van der Waals surface area contributed by atoms with Crippen LogP contribution >= 0.6 is 0 Å². The second-order valence-electron chi connectivity index (χ2n) is 4.72. The molecule has 2 heterocycles. The fourth-order valence-electron chi connectivity index (χ4n) is 2.12. The first-order valence-corrected chi connectivity index (χ1v) is 6.08. The number of hydrogen-bond donors (Lipinski definition) is 1. The summed E-state index contributed by atoms with van der Waals surface area (Å²) in [5, 5.41) is 7.32. The highest BCUT2D eigenvalue weighted by Gasteiger charge is 2.30. The summed E-state index contributed by atoms with van der Waals surface area (Å²) in [4.78, 5) is 20.1. The van der Waals surface area contributed by atoms with E-state index in [2.05, 4.69) is 20.3 Å². The van der Waals surface area contributed by atoms with Crippen LogP contribution in [0.15, 0.2) is 6.33 Å². The minimum atomic E-state index is -0.120. The maximum absolute atomic E-state index is 12.1. The van der Waals surface area contributed by atoms with E-state index in [0.29, 0.717) is 13.1 Å². The van der Waals surface area contributed by atoms with Gasteiger partial charge in [0.2, 0.25) is 5.91 Å². The Hall–Kier alpha value is -1.47. The molecule has 0 radical (unpaired) electrons. The molecule has 7 nitrogen and oxygen atoms in total. The molecule has 100 valence electrons. The van der Waals surface area contributed by atoms with E-state index in [9.17, 15) is 4.79 Å². The quantitative estimate of drug-likeness (QED) is 0.722.